The Morgan fingerprint density at radius 2 is 1.60 bits per heavy atom. The Morgan fingerprint density at radius 3 is 2.20 bits per heavy atom. The molecule has 1 aromatic carbocycles. The van der Waals surface area contributed by atoms with Crippen molar-refractivity contribution in [1.82, 2.24) is 4.98 Å². The van der Waals surface area contributed by atoms with Gasteiger partial charge in [0.25, 0.3) is 0 Å². The summed E-state index contributed by atoms with van der Waals surface area (Å²) in [5, 5.41) is 0.205. The number of aromatic nitrogens is 1. The number of nitrogens with one attached hydrogen (secondary N) is 1. The molecule has 106 valence electrons. The number of hydrogen-bond donors (Lipinski definition) is 1. The highest BCUT2D eigenvalue weighted by molar-refractivity contribution is 6.46. The fraction of sp³-hybridized carbons (Fsp3) is 0.0833. The van der Waals surface area contributed by atoms with Crippen LogP contribution in [-0.2, 0) is 6.18 Å². The molecule has 0 fully saturated rings. The third kappa shape index (κ3) is 2.95. The standard InChI is InChI=1S/C12H5Cl3F3NO/c13-6-1-2-7(14)11(15)10(6)5-3-8(12(16,17)18)19-9(20)4-5/h1-4H,(H,19,20). The van der Waals surface area contributed by atoms with Gasteiger partial charge in [0.15, 0.2) is 0 Å². The van der Waals surface area contributed by atoms with Crippen LogP contribution in [0.2, 0.25) is 15.1 Å². The molecular weight excluding hydrogens is 337 g/mol. The number of halogens is 6. The van der Waals surface area contributed by atoms with Gasteiger partial charge < -0.3 is 4.98 Å². The number of rotatable bonds is 1. The molecule has 0 saturated heterocycles. The van der Waals surface area contributed by atoms with Crippen LogP contribution in [0.5, 0.6) is 0 Å². The lowest BCUT2D eigenvalue weighted by Gasteiger charge is -2.11. The smallest absolute Gasteiger partial charge is 0.318 e. The second kappa shape index (κ2) is 5.31. The van der Waals surface area contributed by atoms with Crippen LogP contribution in [0, 0.1) is 0 Å². The summed E-state index contributed by atoms with van der Waals surface area (Å²) in [6, 6.07) is 4.52. The van der Waals surface area contributed by atoms with Crippen LogP contribution in [-0.4, -0.2) is 4.98 Å². The van der Waals surface area contributed by atoms with Gasteiger partial charge in [-0.15, -0.1) is 0 Å². The first-order chi connectivity index (χ1) is 9.20. The van der Waals surface area contributed by atoms with E-state index < -0.39 is 17.4 Å². The molecule has 0 radical (unpaired) electrons. The van der Waals surface area contributed by atoms with Crippen LogP contribution < -0.4 is 5.56 Å². The number of benzene rings is 1. The normalized spacial score (nSPS) is 11.7. The van der Waals surface area contributed by atoms with E-state index in [1.165, 1.54) is 12.1 Å². The highest BCUT2D eigenvalue weighted by atomic mass is 35.5. The molecule has 20 heavy (non-hydrogen) atoms. The van der Waals surface area contributed by atoms with E-state index in [4.69, 9.17) is 34.8 Å². The van der Waals surface area contributed by atoms with Crippen LogP contribution in [0.4, 0.5) is 13.2 Å². The van der Waals surface area contributed by atoms with Gasteiger partial charge >= 0.3 is 6.18 Å². The molecule has 0 unspecified atom stereocenters. The molecule has 0 bridgehead atoms. The first-order valence-corrected chi connectivity index (χ1v) is 6.29. The first kappa shape index (κ1) is 15.2. The first-order valence-electron chi connectivity index (χ1n) is 5.15. The zero-order valence-corrected chi connectivity index (χ0v) is 11.8. The van der Waals surface area contributed by atoms with Crippen molar-refractivity contribution in [2.45, 2.75) is 6.18 Å². The van der Waals surface area contributed by atoms with E-state index in [-0.39, 0.29) is 26.2 Å². The second-order valence-electron chi connectivity index (χ2n) is 3.86. The van der Waals surface area contributed by atoms with E-state index in [2.05, 4.69) is 0 Å². The maximum Gasteiger partial charge on any atom is 0.431 e. The molecule has 0 atom stereocenters. The summed E-state index contributed by atoms with van der Waals surface area (Å²) in [4.78, 5) is 13.1. The Labute approximate surface area is 126 Å². The lowest BCUT2D eigenvalue weighted by atomic mass is 10.1. The number of alkyl halides is 3. The molecule has 2 nitrogen and oxygen atoms in total. The number of pyridine rings is 1. The van der Waals surface area contributed by atoms with Crippen LogP contribution in [0.1, 0.15) is 5.69 Å². The minimum Gasteiger partial charge on any atom is -0.318 e. The van der Waals surface area contributed by atoms with Crippen LogP contribution in [0.15, 0.2) is 29.1 Å². The Hall–Kier alpha value is -1.17. The van der Waals surface area contributed by atoms with Crippen molar-refractivity contribution in [1.29, 1.82) is 0 Å². The van der Waals surface area contributed by atoms with Gasteiger partial charge in [-0.3, -0.25) is 4.79 Å². The summed E-state index contributed by atoms with van der Waals surface area (Å²) in [5.74, 6) is 0. The van der Waals surface area contributed by atoms with Crippen LogP contribution >= 0.6 is 34.8 Å². The van der Waals surface area contributed by atoms with Crippen molar-refractivity contribution in [2.75, 3.05) is 0 Å². The maximum atomic E-state index is 12.7. The van der Waals surface area contributed by atoms with Crippen molar-refractivity contribution in [3.05, 3.63) is 55.4 Å². The monoisotopic (exact) mass is 341 g/mol. The molecule has 2 rings (SSSR count). The van der Waals surface area contributed by atoms with Crippen molar-refractivity contribution >= 4 is 34.8 Å². The van der Waals surface area contributed by atoms with Gasteiger partial charge in [0.1, 0.15) is 5.69 Å². The van der Waals surface area contributed by atoms with Crippen molar-refractivity contribution in [3.8, 4) is 11.1 Å². The molecule has 0 saturated carbocycles. The van der Waals surface area contributed by atoms with Gasteiger partial charge in [0.2, 0.25) is 5.56 Å². The highest BCUT2D eigenvalue weighted by Gasteiger charge is 2.32. The van der Waals surface area contributed by atoms with E-state index in [1.807, 2.05) is 0 Å². The maximum absolute atomic E-state index is 12.7. The lowest BCUT2D eigenvalue weighted by molar-refractivity contribution is -0.141. The third-order valence-electron chi connectivity index (χ3n) is 2.48. The van der Waals surface area contributed by atoms with Crippen molar-refractivity contribution < 1.29 is 13.2 Å². The van der Waals surface area contributed by atoms with Gasteiger partial charge in [-0.2, -0.15) is 13.2 Å². The molecule has 0 aliphatic rings. The molecule has 1 N–H and O–H groups in total. The predicted octanol–water partition coefficient (Wildman–Crippen LogP) is 5.02. The molecule has 1 aromatic heterocycles. The topological polar surface area (TPSA) is 32.9 Å². The minimum absolute atomic E-state index is 0.0158. The zero-order valence-electron chi connectivity index (χ0n) is 9.49. The number of aromatic amines is 1. The summed E-state index contributed by atoms with van der Waals surface area (Å²) in [7, 11) is 0. The summed E-state index contributed by atoms with van der Waals surface area (Å²) in [6.07, 6.45) is -4.69. The largest absolute Gasteiger partial charge is 0.431 e. The lowest BCUT2D eigenvalue weighted by Crippen LogP contribution is -2.16. The molecule has 0 aliphatic carbocycles. The quantitative estimate of drug-likeness (QED) is 0.725. The molecular formula is C12H5Cl3F3NO. The minimum atomic E-state index is -4.69. The number of H-pyrrole nitrogens is 1. The van der Waals surface area contributed by atoms with Gasteiger partial charge in [-0.05, 0) is 23.8 Å². The molecule has 0 aliphatic heterocycles. The SMILES string of the molecule is O=c1cc(-c2c(Cl)ccc(Cl)c2Cl)cc(C(F)(F)F)[nH]1. The molecule has 1 heterocycles. The molecule has 8 heteroatoms. The van der Waals surface area contributed by atoms with Crippen LogP contribution in [0.3, 0.4) is 0 Å². The van der Waals surface area contributed by atoms with Gasteiger partial charge in [-0.1, -0.05) is 34.8 Å². The fourth-order valence-electron chi connectivity index (χ4n) is 1.63. The summed E-state index contributed by atoms with van der Waals surface area (Å²) >= 11 is 17.7. The summed E-state index contributed by atoms with van der Waals surface area (Å²) < 4.78 is 38.0. The van der Waals surface area contributed by atoms with Gasteiger partial charge in [0, 0.05) is 11.6 Å². The third-order valence-corrected chi connectivity index (χ3v) is 3.60. The van der Waals surface area contributed by atoms with Crippen molar-refractivity contribution in [3.63, 3.8) is 0 Å². The van der Waals surface area contributed by atoms with E-state index in [1.54, 1.807) is 4.98 Å². The summed E-state index contributed by atoms with van der Waals surface area (Å²) in [6.45, 7) is 0. The van der Waals surface area contributed by atoms with Crippen LogP contribution in [0.25, 0.3) is 11.1 Å². The fourth-order valence-corrected chi connectivity index (χ4v) is 2.38. The van der Waals surface area contributed by atoms with Crippen molar-refractivity contribution in [2.24, 2.45) is 0 Å². The Bertz CT molecular complexity index is 725. The number of hydrogen-bond acceptors (Lipinski definition) is 1. The summed E-state index contributed by atoms with van der Waals surface area (Å²) in [5.41, 5.74) is -2.08. The Balaban J connectivity index is 2.75. The molecule has 2 aromatic rings. The predicted molar refractivity (Wildman–Crippen MR) is 72.5 cm³/mol. The van der Waals surface area contributed by atoms with Gasteiger partial charge in [0.05, 0.1) is 15.1 Å². The molecule has 0 amide bonds. The van der Waals surface area contributed by atoms with E-state index in [9.17, 15) is 18.0 Å². The zero-order chi connectivity index (χ0) is 15.1. The Morgan fingerprint density at radius 1 is 1.00 bits per heavy atom. The highest BCUT2D eigenvalue weighted by Crippen LogP contribution is 2.39. The van der Waals surface area contributed by atoms with Gasteiger partial charge in [-0.25, -0.2) is 0 Å². The molecule has 0 spiro atoms. The average Bonchev–Trinajstić information content (AvgIpc) is 2.33. The van der Waals surface area contributed by atoms with E-state index in [0.29, 0.717) is 0 Å². The van der Waals surface area contributed by atoms with E-state index >= 15 is 0 Å². The Kier molecular flexibility index (Phi) is 4.04. The van der Waals surface area contributed by atoms with E-state index in [0.717, 1.165) is 12.1 Å². The average molecular weight is 343 g/mol. The second-order valence-corrected chi connectivity index (χ2v) is 5.06.